The van der Waals surface area contributed by atoms with Crippen LogP contribution in [-0.4, -0.2) is 13.2 Å². The van der Waals surface area contributed by atoms with Crippen molar-refractivity contribution in [3.8, 4) is 11.8 Å². The minimum Gasteiger partial charge on any atom is -0.365 e. The zero-order valence-electron chi connectivity index (χ0n) is 5.81. The molecule has 0 aliphatic carbocycles. The number of hydrogen-bond acceptors (Lipinski definition) is 1. The van der Waals surface area contributed by atoms with E-state index < -0.39 is 0 Å². The fourth-order valence-electron chi connectivity index (χ4n) is 0.369. The topological polar surface area (TPSA) is 9.23 Å². The van der Waals surface area contributed by atoms with Gasteiger partial charge in [-0.1, -0.05) is 18.9 Å². The van der Waals surface area contributed by atoms with Crippen molar-refractivity contribution in [3.63, 3.8) is 0 Å². The molecule has 0 unspecified atom stereocenters. The molecule has 0 atom stereocenters. The summed E-state index contributed by atoms with van der Waals surface area (Å²) in [4.78, 5) is 0. The monoisotopic (exact) mass is 124 g/mol. The molecule has 0 rings (SSSR count). The fourth-order valence-corrected chi connectivity index (χ4v) is 0.369. The van der Waals surface area contributed by atoms with E-state index in [1.165, 1.54) is 0 Å². The van der Waals surface area contributed by atoms with Gasteiger partial charge in [-0.05, 0) is 0 Å². The molecule has 0 bridgehead atoms. The van der Waals surface area contributed by atoms with Crippen LogP contribution in [0, 0.1) is 11.8 Å². The molecule has 9 heavy (non-hydrogen) atoms. The first-order valence-corrected chi connectivity index (χ1v) is 3.06. The van der Waals surface area contributed by atoms with Crippen LogP contribution in [0.4, 0.5) is 0 Å². The van der Waals surface area contributed by atoms with Crippen molar-refractivity contribution in [2.75, 3.05) is 13.2 Å². The van der Waals surface area contributed by atoms with E-state index in [1.807, 2.05) is 6.92 Å². The lowest BCUT2D eigenvalue weighted by Crippen LogP contribution is -1.89. The largest absolute Gasteiger partial charge is 0.365 e. The molecule has 0 aromatic rings. The maximum atomic E-state index is 4.99. The van der Waals surface area contributed by atoms with Gasteiger partial charge in [0.05, 0.1) is 6.61 Å². The first-order valence-electron chi connectivity index (χ1n) is 3.06. The van der Waals surface area contributed by atoms with Gasteiger partial charge < -0.3 is 4.74 Å². The lowest BCUT2D eigenvalue weighted by Gasteiger charge is -1.89. The zero-order valence-corrected chi connectivity index (χ0v) is 5.81. The van der Waals surface area contributed by atoms with Gasteiger partial charge in [-0.3, -0.25) is 0 Å². The van der Waals surface area contributed by atoms with E-state index in [2.05, 4.69) is 18.4 Å². The molecule has 0 radical (unpaired) electrons. The molecule has 0 heterocycles. The first-order chi connectivity index (χ1) is 4.41. The Morgan fingerprint density at radius 3 is 2.89 bits per heavy atom. The highest BCUT2D eigenvalue weighted by Crippen LogP contribution is 1.73. The molecule has 0 aromatic carbocycles. The van der Waals surface area contributed by atoms with Gasteiger partial charge in [-0.15, -0.1) is 12.5 Å². The van der Waals surface area contributed by atoms with Gasteiger partial charge in [0.25, 0.3) is 0 Å². The summed E-state index contributed by atoms with van der Waals surface area (Å²) in [6, 6.07) is 0. The molecular weight excluding hydrogens is 112 g/mol. The summed E-state index contributed by atoms with van der Waals surface area (Å²) in [7, 11) is 0. The van der Waals surface area contributed by atoms with Crippen LogP contribution in [0.5, 0.6) is 0 Å². The Labute approximate surface area is 56.7 Å². The molecule has 0 aliphatic heterocycles. The number of hydrogen-bond donors (Lipinski definition) is 0. The summed E-state index contributed by atoms with van der Waals surface area (Å²) in [5.41, 5.74) is 0. The number of ether oxygens (including phenoxy) is 1. The van der Waals surface area contributed by atoms with Gasteiger partial charge in [0.1, 0.15) is 6.61 Å². The van der Waals surface area contributed by atoms with E-state index in [9.17, 15) is 0 Å². The van der Waals surface area contributed by atoms with Crippen molar-refractivity contribution in [2.24, 2.45) is 0 Å². The SMILES string of the molecule is C=CCOCC#CCC. The fraction of sp³-hybridized carbons (Fsp3) is 0.500. The van der Waals surface area contributed by atoms with Crippen LogP contribution >= 0.6 is 0 Å². The summed E-state index contributed by atoms with van der Waals surface area (Å²) < 4.78 is 4.99. The average molecular weight is 124 g/mol. The maximum Gasteiger partial charge on any atom is 0.108 e. The van der Waals surface area contributed by atoms with E-state index in [1.54, 1.807) is 6.08 Å². The molecule has 0 fully saturated rings. The highest BCUT2D eigenvalue weighted by Gasteiger charge is 1.73. The second-order valence-corrected chi connectivity index (χ2v) is 1.51. The van der Waals surface area contributed by atoms with Crippen molar-refractivity contribution in [2.45, 2.75) is 13.3 Å². The molecule has 1 nitrogen and oxygen atoms in total. The maximum absolute atomic E-state index is 4.99. The quantitative estimate of drug-likeness (QED) is 0.315. The van der Waals surface area contributed by atoms with Gasteiger partial charge in [-0.25, -0.2) is 0 Å². The average Bonchev–Trinajstić information content (AvgIpc) is 1.89. The Balaban J connectivity index is 2.98. The zero-order chi connectivity index (χ0) is 6.95. The molecule has 0 saturated heterocycles. The van der Waals surface area contributed by atoms with Crippen molar-refractivity contribution >= 4 is 0 Å². The Morgan fingerprint density at radius 1 is 1.56 bits per heavy atom. The van der Waals surface area contributed by atoms with Crippen molar-refractivity contribution in [1.82, 2.24) is 0 Å². The molecule has 50 valence electrons. The van der Waals surface area contributed by atoms with Crippen molar-refractivity contribution < 1.29 is 4.74 Å². The molecule has 0 N–H and O–H groups in total. The van der Waals surface area contributed by atoms with Crippen LogP contribution < -0.4 is 0 Å². The van der Waals surface area contributed by atoms with Gasteiger partial charge in [0.2, 0.25) is 0 Å². The third-order valence-electron chi connectivity index (χ3n) is 0.712. The van der Waals surface area contributed by atoms with Crippen molar-refractivity contribution in [3.05, 3.63) is 12.7 Å². The summed E-state index contributed by atoms with van der Waals surface area (Å²) >= 11 is 0. The second-order valence-electron chi connectivity index (χ2n) is 1.51. The van der Waals surface area contributed by atoms with Crippen LogP contribution in [-0.2, 0) is 4.74 Å². The van der Waals surface area contributed by atoms with E-state index >= 15 is 0 Å². The lowest BCUT2D eigenvalue weighted by molar-refractivity contribution is 0.199. The van der Waals surface area contributed by atoms with Crippen LogP contribution in [0.1, 0.15) is 13.3 Å². The molecule has 0 amide bonds. The van der Waals surface area contributed by atoms with Crippen LogP contribution in [0.2, 0.25) is 0 Å². The predicted octanol–water partition coefficient (Wildman–Crippen LogP) is 1.60. The second kappa shape index (κ2) is 7.26. The van der Waals surface area contributed by atoms with Gasteiger partial charge in [0, 0.05) is 6.42 Å². The molecule has 0 spiro atoms. The van der Waals surface area contributed by atoms with E-state index in [0.29, 0.717) is 13.2 Å². The minimum atomic E-state index is 0.528. The Bertz CT molecular complexity index is 116. The Kier molecular flexibility index (Phi) is 6.66. The van der Waals surface area contributed by atoms with Crippen LogP contribution in [0.3, 0.4) is 0 Å². The summed E-state index contributed by atoms with van der Waals surface area (Å²) in [6.07, 6.45) is 2.62. The van der Waals surface area contributed by atoms with E-state index in [-0.39, 0.29) is 0 Å². The Morgan fingerprint density at radius 2 is 2.33 bits per heavy atom. The molecule has 0 aliphatic rings. The number of rotatable bonds is 3. The lowest BCUT2D eigenvalue weighted by atomic mass is 10.5. The minimum absolute atomic E-state index is 0.528. The third kappa shape index (κ3) is 7.26. The van der Waals surface area contributed by atoms with Crippen molar-refractivity contribution in [1.29, 1.82) is 0 Å². The van der Waals surface area contributed by atoms with Gasteiger partial charge in [-0.2, -0.15) is 0 Å². The standard InChI is InChI=1S/C8H12O/c1-3-5-6-8-9-7-4-2/h4H,2-3,7-8H2,1H3. The normalized spacial score (nSPS) is 7.67. The van der Waals surface area contributed by atoms with E-state index in [0.717, 1.165) is 6.42 Å². The molecule has 1 heteroatoms. The van der Waals surface area contributed by atoms with Crippen LogP contribution in [0.25, 0.3) is 0 Å². The first kappa shape index (κ1) is 8.26. The molecule has 0 saturated carbocycles. The molecular formula is C8H12O. The third-order valence-corrected chi connectivity index (χ3v) is 0.712. The van der Waals surface area contributed by atoms with Gasteiger partial charge in [0.15, 0.2) is 0 Å². The van der Waals surface area contributed by atoms with E-state index in [4.69, 9.17) is 4.74 Å². The summed E-state index contributed by atoms with van der Waals surface area (Å²) in [5, 5.41) is 0. The summed E-state index contributed by atoms with van der Waals surface area (Å²) in [6.45, 7) is 6.64. The van der Waals surface area contributed by atoms with Gasteiger partial charge >= 0.3 is 0 Å². The van der Waals surface area contributed by atoms with Crippen LogP contribution in [0.15, 0.2) is 12.7 Å². The predicted molar refractivity (Wildman–Crippen MR) is 39.1 cm³/mol. The Hall–Kier alpha value is -0.740. The highest BCUT2D eigenvalue weighted by atomic mass is 16.5. The summed E-state index contributed by atoms with van der Waals surface area (Å²) in [5.74, 6) is 5.75. The highest BCUT2D eigenvalue weighted by molar-refractivity contribution is 4.97. The smallest absolute Gasteiger partial charge is 0.108 e. The molecule has 0 aromatic heterocycles.